The van der Waals surface area contributed by atoms with Crippen molar-refractivity contribution in [2.45, 2.75) is 23.4 Å². The van der Waals surface area contributed by atoms with Crippen LogP contribution in [0.5, 0.6) is 0 Å². The number of carbonyl (C=O) groups is 2. The van der Waals surface area contributed by atoms with E-state index in [0.717, 1.165) is 17.1 Å². The zero-order valence-corrected chi connectivity index (χ0v) is 19.8. The molecule has 2 N–H and O–H groups in total. The Labute approximate surface area is 196 Å². The molecule has 1 aromatic heterocycles. The molecule has 0 aliphatic rings. The minimum Gasteiger partial charge on any atom is -0.341 e. The minimum absolute atomic E-state index is 0.0394. The van der Waals surface area contributed by atoms with Gasteiger partial charge in [-0.25, -0.2) is 4.79 Å². The number of aromatic nitrogens is 3. The number of thioether (sulfide) groups is 1. The lowest BCUT2D eigenvalue weighted by molar-refractivity contribution is -0.119. The van der Waals surface area contributed by atoms with E-state index >= 15 is 0 Å². The second-order valence-electron chi connectivity index (χ2n) is 7.27. The van der Waals surface area contributed by atoms with Gasteiger partial charge in [-0.15, -0.1) is 10.2 Å². The Morgan fingerprint density at radius 3 is 2.31 bits per heavy atom. The van der Waals surface area contributed by atoms with Gasteiger partial charge in [0.05, 0.1) is 6.04 Å². The number of urea groups is 1. The molecule has 32 heavy (non-hydrogen) atoms. The summed E-state index contributed by atoms with van der Waals surface area (Å²) >= 11 is 7.31. The highest BCUT2D eigenvalue weighted by molar-refractivity contribution is 8.00. The van der Waals surface area contributed by atoms with Crippen LogP contribution in [0.1, 0.15) is 29.6 Å². The SMILES string of the molecule is CNC(=O)NC(=O)[C@@H](Sc1nnc([C@H](C)N(C)C)n1-c1ccc(Cl)cc1)c1ccccc1. The van der Waals surface area contributed by atoms with Crippen LogP contribution >= 0.6 is 23.4 Å². The first-order valence-corrected chi connectivity index (χ1v) is 11.2. The van der Waals surface area contributed by atoms with Crippen LogP contribution in [-0.4, -0.2) is 52.7 Å². The lowest BCUT2D eigenvalue weighted by Gasteiger charge is -2.21. The van der Waals surface area contributed by atoms with E-state index in [1.165, 1.54) is 18.8 Å². The summed E-state index contributed by atoms with van der Waals surface area (Å²) in [5.41, 5.74) is 1.57. The van der Waals surface area contributed by atoms with E-state index in [2.05, 4.69) is 20.8 Å². The molecule has 8 nitrogen and oxygen atoms in total. The van der Waals surface area contributed by atoms with Crippen molar-refractivity contribution in [2.24, 2.45) is 0 Å². The van der Waals surface area contributed by atoms with Gasteiger partial charge in [0, 0.05) is 17.8 Å². The summed E-state index contributed by atoms with van der Waals surface area (Å²) in [5.74, 6) is 0.270. The van der Waals surface area contributed by atoms with Crippen LogP contribution in [-0.2, 0) is 4.79 Å². The average molecular weight is 473 g/mol. The average Bonchev–Trinajstić information content (AvgIpc) is 3.21. The molecule has 3 aromatic rings. The number of nitrogens with zero attached hydrogens (tertiary/aromatic N) is 4. The van der Waals surface area contributed by atoms with Gasteiger partial charge < -0.3 is 5.32 Å². The molecular weight excluding hydrogens is 448 g/mol. The number of amides is 3. The van der Waals surface area contributed by atoms with Crippen molar-refractivity contribution in [2.75, 3.05) is 21.1 Å². The zero-order chi connectivity index (χ0) is 23.3. The minimum atomic E-state index is -0.716. The third-order valence-electron chi connectivity index (χ3n) is 4.92. The summed E-state index contributed by atoms with van der Waals surface area (Å²) < 4.78 is 1.91. The molecule has 10 heteroatoms. The van der Waals surface area contributed by atoms with E-state index in [4.69, 9.17) is 11.6 Å². The van der Waals surface area contributed by atoms with Crippen LogP contribution in [0.4, 0.5) is 4.79 Å². The van der Waals surface area contributed by atoms with E-state index < -0.39 is 17.2 Å². The first-order chi connectivity index (χ1) is 15.3. The number of hydrogen-bond acceptors (Lipinski definition) is 6. The van der Waals surface area contributed by atoms with Gasteiger partial charge in [0.15, 0.2) is 11.0 Å². The summed E-state index contributed by atoms with van der Waals surface area (Å²) in [6, 6.07) is 16.0. The highest BCUT2D eigenvalue weighted by Crippen LogP contribution is 2.37. The van der Waals surface area contributed by atoms with Crippen molar-refractivity contribution in [3.8, 4) is 5.69 Å². The highest BCUT2D eigenvalue weighted by Gasteiger charge is 2.28. The number of benzene rings is 2. The monoisotopic (exact) mass is 472 g/mol. The van der Waals surface area contributed by atoms with Crippen LogP contribution in [0, 0.1) is 0 Å². The Morgan fingerprint density at radius 2 is 1.72 bits per heavy atom. The van der Waals surface area contributed by atoms with Crippen molar-refractivity contribution in [3.05, 3.63) is 71.0 Å². The maximum atomic E-state index is 13.0. The predicted molar refractivity (Wildman–Crippen MR) is 126 cm³/mol. The lowest BCUT2D eigenvalue weighted by Crippen LogP contribution is -2.39. The van der Waals surface area contributed by atoms with E-state index in [1.54, 1.807) is 12.1 Å². The van der Waals surface area contributed by atoms with E-state index in [-0.39, 0.29) is 6.04 Å². The molecule has 0 spiro atoms. The smallest absolute Gasteiger partial charge is 0.321 e. The molecule has 3 amide bonds. The quantitative estimate of drug-likeness (QED) is 0.508. The first kappa shape index (κ1) is 23.8. The van der Waals surface area contributed by atoms with Crippen molar-refractivity contribution < 1.29 is 9.59 Å². The van der Waals surface area contributed by atoms with Gasteiger partial charge in [0.25, 0.3) is 0 Å². The third-order valence-corrected chi connectivity index (χ3v) is 6.37. The molecular formula is C22H25ClN6O2S. The number of carbonyl (C=O) groups excluding carboxylic acids is 2. The van der Waals surface area contributed by atoms with Crippen LogP contribution in [0.15, 0.2) is 59.8 Å². The summed E-state index contributed by atoms with van der Waals surface area (Å²) in [5, 5.41) is 14.0. The van der Waals surface area contributed by atoms with Gasteiger partial charge in [-0.3, -0.25) is 19.6 Å². The molecule has 0 fully saturated rings. The van der Waals surface area contributed by atoms with Crippen LogP contribution in [0.25, 0.3) is 5.69 Å². The lowest BCUT2D eigenvalue weighted by atomic mass is 10.1. The van der Waals surface area contributed by atoms with Crippen molar-refractivity contribution in [1.82, 2.24) is 30.3 Å². The molecule has 2 aromatic carbocycles. The molecule has 3 rings (SSSR count). The second kappa shape index (κ2) is 10.6. The summed E-state index contributed by atoms with van der Waals surface area (Å²) in [6.45, 7) is 2.03. The Bertz CT molecular complexity index is 1070. The van der Waals surface area contributed by atoms with Gasteiger partial charge in [-0.2, -0.15) is 0 Å². The van der Waals surface area contributed by atoms with Gasteiger partial charge in [0.1, 0.15) is 5.25 Å². The topological polar surface area (TPSA) is 92.2 Å². The first-order valence-electron chi connectivity index (χ1n) is 9.93. The fourth-order valence-electron chi connectivity index (χ4n) is 2.94. The molecule has 0 radical (unpaired) electrons. The molecule has 0 bridgehead atoms. The number of imide groups is 1. The summed E-state index contributed by atoms with van der Waals surface area (Å²) in [7, 11) is 5.38. The van der Waals surface area contributed by atoms with Gasteiger partial charge in [-0.05, 0) is 50.8 Å². The number of nitrogens with one attached hydrogen (secondary N) is 2. The van der Waals surface area contributed by atoms with Crippen molar-refractivity contribution in [3.63, 3.8) is 0 Å². The van der Waals surface area contributed by atoms with Crippen LogP contribution in [0.2, 0.25) is 5.02 Å². The maximum absolute atomic E-state index is 13.0. The molecule has 0 saturated carbocycles. The van der Waals surface area contributed by atoms with Crippen LogP contribution in [0.3, 0.4) is 0 Å². The number of halogens is 1. The normalized spacial score (nSPS) is 12.9. The number of rotatable bonds is 7. The van der Waals surface area contributed by atoms with E-state index in [0.29, 0.717) is 10.2 Å². The van der Waals surface area contributed by atoms with Crippen molar-refractivity contribution >= 4 is 35.3 Å². The van der Waals surface area contributed by atoms with Crippen molar-refractivity contribution in [1.29, 1.82) is 0 Å². The Hall–Kier alpha value is -2.88. The number of hydrogen-bond donors (Lipinski definition) is 2. The summed E-state index contributed by atoms with van der Waals surface area (Å²) in [6.07, 6.45) is 0. The molecule has 2 atom stereocenters. The predicted octanol–water partition coefficient (Wildman–Crippen LogP) is 3.83. The van der Waals surface area contributed by atoms with Gasteiger partial charge >= 0.3 is 6.03 Å². The zero-order valence-electron chi connectivity index (χ0n) is 18.2. The highest BCUT2D eigenvalue weighted by atomic mass is 35.5. The largest absolute Gasteiger partial charge is 0.341 e. The summed E-state index contributed by atoms with van der Waals surface area (Å²) in [4.78, 5) is 26.8. The second-order valence-corrected chi connectivity index (χ2v) is 8.78. The Morgan fingerprint density at radius 1 is 1.06 bits per heavy atom. The molecule has 0 unspecified atom stereocenters. The fourth-order valence-corrected chi connectivity index (χ4v) is 4.13. The molecule has 0 saturated heterocycles. The van der Waals surface area contributed by atoms with E-state index in [9.17, 15) is 9.59 Å². The van der Waals surface area contributed by atoms with Gasteiger partial charge in [-0.1, -0.05) is 53.7 Å². The molecule has 0 aliphatic carbocycles. The third kappa shape index (κ3) is 5.48. The molecule has 1 heterocycles. The fraction of sp³-hybridized carbons (Fsp3) is 0.273. The standard InChI is InChI=1S/C22H25ClN6O2S/c1-14(28(3)4)19-26-27-22(29(19)17-12-10-16(23)11-13-17)32-18(15-8-6-5-7-9-15)20(30)25-21(31)24-2/h5-14,18H,1-4H3,(H2,24,25,30,31)/t14-,18-/m0/s1. The molecule has 0 aliphatic heterocycles. The Kier molecular flexibility index (Phi) is 7.89. The Balaban J connectivity index is 2.06. The van der Waals surface area contributed by atoms with Gasteiger partial charge in [0.2, 0.25) is 5.91 Å². The van der Waals surface area contributed by atoms with Crippen LogP contribution < -0.4 is 10.6 Å². The van der Waals surface area contributed by atoms with E-state index in [1.807, 2.05) is 73.0 Å². The molecule has 168 valence electrons. The maximum Gasteiger partial charge on any atom is 0.321 e.